The number of H-pyrrole nitrogens is 1. The molecule has 0 bridgehead atoms. The van der Waals surface area contributed by atoms with E-state index in [0.29, 0.717) is 33.7 Å². The van der Waals surface area contributed by atoms with Gasteiger partial charge in [0.1, 0.15) is 17.4 Å². The average molecular weight is 238 g/mol. The zero-order valence-corrected chi connectivity index (χ0v) is 9.68. The number of aryl methyl sites for hydroxylation is 1. The first kappa shape index (κ1) is 10.4. The molecule has 3 N–H and O–H groups in total. The Bertz CT molecular complexity index is 774. The Morgan fingerprint density at radius 2 is 2.28 bits per heavy atom. The number of nitrogens with zero attached hydrogens (tertiary/aromatic N) is 4. The fraction of sp³-hybridized carbons (Fsp3) is 0.0833. The van der Waals surface area contributed by atoms with Gasteiger partial charge in [-0.3, -0.25) is 0 Å². The Morgan fingerprint density at radius 3 is 2.94 bits per heavy atom. The summed E-state index contributed by atoms with van der Waals surface area (Å²) in [5, 5.41) is 9.96. The quantitative estimate of drug-likeness (QED) is 0.670. The lowest BCUT2D eigenvalue weighted by Crippen LogP contribution is -1.87. The predicted octanol–water partition coefficient (Wildman–Crippen LogP) is 1.42. The molecule has 0 amide bonds. The molecule has 18 heavy (non-hydrogen) atoms. The number of hydrogen-bond donors (Lipinski definition) is 2. The van der Waals surface area contributed by atoms with E-state index in [9.17, 15) is 5.26 Å². The number of hydrogen-bond acceptors (Lipinski definition) is 4. The van der Waals surface area contributed by atoms with Gasteiger partial charge < -0.3 is 15.3 Å². The molecule has 0 saturated carbocycles. The van der Waals surface area contributed by atoms with Gasteiger partial charge in [0.15, 0.2) is 0 Å². The molecule has 3 rings (SSSR count). The average Bonchev–Trinajstić information content (AvgIpc) is 2.92. The van der Waals surface area contributed by atoms with Gasteiger partial charge in [0.05, 0.1) is 23.0 Å². The molecule has 3 aromatic rings. The molecule has 3 aromatic heterocycles. The first-order chi connectivity index (χ1) is 8.70. The highest BCUT2D eigenvalue weighted by atomic mass is 15.0. The number of fused-ring (bicyclic) bond motifs is 1. The van der Waals surface area contributed by atoms with E-state index in [-0.39, 0.29) is 0 Å². The molecular weight excluding hydrogens is 228 g/mol. The van der Waals surface area contributed by atoms with Gasteiger partial charge in [-0.15, -0.1) is 0 Å². The van der Waals surface area contributed by atoms with Crippen LogP contribution in [-0.2, 0) is 7.05 Å². The van der Waals surface area contributed by atoms with Crippen LogP contribution in [0.15, 0.2) is 24.8 Å². The molecule has 0 aliphatic heterocycles. The maximum absolute atomic E-state index is 9.31. The van der Waals surface area contributed by atoms with Crippen LogP contribution in [0.5, 0.6) is 0 Å². The second-order valence-corrected chi connectivity index (χ2v) is 4.03. The summed E-state index contributed by atoms with van der Waals surface area (Å²) in [6.45, 7) is 0. The van der Waals surface area contributed by atoms with Gasteiger partial charge in [-0.1, -0.05) is 0 Å². The van der Waals surface area contributed by atoms with Crippen molar-refractivity contribution in [3.8, 4) is 17.5 Å². The second-order valence-electron chi connectivity index (χ2n) is 4.03. The molecule has 3 heterocycles. The van der Waals surface area contributed by atoms with Gasteiger partial charge in [0.25, 0.3) is 0 Å². The number of nitrogen functional groups attached to an aromatic ring is 1. The molecule has 0 radical (unpaired) electrons. The van der Waals surface area contributed by atoms with E-state index in [2.05, 4.69) is 21.0 Å². The molecule has 6 nitrogen and oxygen atoms in total. The number of aromatic nitrogens is 4. The Hall–Kier alpha value is -2.81. The van der Waals surface area contributed by atoms with Crippen LogP contribution >= 0.6 is 0 Å². The normalized spacial score (nSPS) is 10.7. The number of nitrogens with one attached hydrogen (secondary N) is 1. The van der Waals surface area contributed by atoms with Crippen LogP contribution in [0.3, 0.4) is 0 Å². The maximum atomic E-state index is 9.31. The smallest absolute Gasteiger partial charge is 0.141 e. The van der Waals surface area contributed by atoms with Crippen molar-refractivity contribution in [3.63, 3.8) is 0 Å². The number of anilines is 1. The number of pyridine rings is 1. The highest BCUT2D eigenvalue weighted by Gasteiger charge is 2.17. The molecule has 0 saturated heterocycles. The monoisotopic (exact) mass is 238 g/mol. The van der Waals surface area contributed by atoms with Gasteiger partial charge in [-0.2, -0.15) is 5.26 Å². The summed E-state index contributed by atoms with van der Waals surface area (Å²) in [7, 11) is 1.87. The van der Waals surface area contributed by atoms with E-state index in [1.54, 1.807) is 18.6 Å². The topological polar surface area (TPSA) is 96.3 Å². The molecule has 6 heteroatoms. The lowest BCUT2D eigenvalue weighted by Gasteiger charge is -1.94. The standard InChI is InChI=1S/C12H10N6/c1-18-5-9(16-6-18)11-7(4-13)10-8(14)2-3-15-12(10)17-11/h2-3,5-6H,1H3,(H3,14,15,17). The molecule has 0 aliphatic carbocycles. The number of aromatic amines is 1. The summed E-state index contributed by atoms with van der Waals surface area (Å²) in [6.07, 6.45) is 5.12. The minimum Gasteiger partial charge on any atom is -0.398 e. The lowest BCUT2D eigenvalue weighted by atomic mass is 10.1. The third kappa shape index (κ3) is 1.34. The highest BCUT2D eigenvalue weighted by Crippen LogP contribution is 2.30. The van der Waals surface area contributed by atoms with Crippen molar-refractivity contribution in [2.24, 2.45) is 7.05 Å². The van der Waals surface area contributed by atoms with E-state index in [4.69, 9.17) is 5.73 Å². The Kier molecular flexibility index (Phi) is 2.07. The minimum atomic E-state index is 0.481. The summed E-state index contributed by atoms with van der Waals surface area (Å²) in [5.41, 5.74) is 8.87. The van der Waals surface area contributed by atoms with Crippen molar-refractivity contribution in [1.29, 1.82) is 5.26 Å². The third-order valence-corrected chi connectivity index (χ3v) is 2.80. The Labute approximate surface area is 103 Å². The van der Waals surface area contributed by atoms with Crippen LogP contribution in [0, 0.1) is 11.3 Å². The summed E-state index contributed by atoms with van der Waals surface area (Å²) in [5.74, 6) is 0. The van der Waals surface area contributed by atoms with Crippen LogP contribution < -0.4 is 5.73 Å². The van der Waals surface area contributed by atoms with Gasteiger partial charge >= 0.3 is 0 Å². The summed E-state index contributed by atoms with van der Waals surface area (Å²) >= 11 is 0. The number of imidazole rings is 1. The van der Waals surface area contributed by atoms with E-state index in [1.807, 2.05) is 17.8 Å². The summed E-state index contributed by atoms with van der Waals surface area (Å²) in [6, 6.07) is 3.85. The second kappa shape index (κ2) is 3.60. The molecule has 0 aromatic carbocycles. The molecule has 88 valence electrons. The van der Waals surface area contributed by atoms with Gasteiger partial charge in [-0.05, 0) is 6.07 Å². The minimum absolute atomic E-state index is 0.481. The third-order valence-electron chi connectivity index (χ3n) is 2.80. The van der Waals surface area contributed by atoms with Crippen LogP contribution in [0.25, 0.3) is 22.4 Å². The zero-order chi connectivity index (χ0) is 12.7. The van der Waals surface area contributed by atoms with Crippen molar-refractivity contribution < 1.29 is 0 Å². The van der Waals surface area contributed by atoms with Crippen LogP contribution in [0.4, 0.5) is 5.69 Å². The van der Waals surface area contributed by atoms with Gasteiger partial charge in [-0.25, -0.2) is 9.97 Å². The summed E-state index contributed by atoms with van der Waals surface area (Å²) < 4.78 is 1.82. The van der Waals surface area contributed by atoms with E-state index in [1.165, 1.54) is 0 Å². The van der Waals surface area contributed by atoms with Gasteiger partial charge in [0.2, 0.25) is 0 Å². The largest absolute Gasteiger partial charge is 0.398 e. The Morgan fingerprint density at radius 1 is 1.44 bits per heavy atom. The summed E-state index contributed by atoms with van der Waals surface area (Å²) in [4.78, 5) is 11.5. The lowest BCUT2D eigenvalue weighted by molar-refractivity contribution is 0.913. The molecule has 0 fully saturated rings. The molecule has 0 atom stereocenters. The van der Waals surface area contributed by atoms with Crippen LogP contribution in [-0.4, -0.2) is 19.5 Å². The van der Waals surface area contributed by atoms with Crippen molar-refractivity contribution in [1.82, 2.24) is 19.5 Å². The fourth-order valence-corrected chi connectivity index (χ4v) is 1.99. The molecule has 0 aliphatic rings. The van der Waals surface area contributed by atoms with E-state index >= 15 is 0 Å². The van der Waals surface area contributed by atoms with Crippen molar-refractivity contribution in [3.05, 3.63) is 30.4 Å². The number of nitriles is 1. The SMILES string of the molecule is Cn1cnc(-c2[nH]c3nccc(N)c3c2C#N)c1. The number of nitrogens with two attached hydrogens (primary N) is 1. The van der Waals surface area contributed by atoms with Gasteiger partial charge in [0, 0.05) is 25.1 Å². The highest BCUT2D eigenvalue weighted by molar-refractivity contribution is 5.98. The van der Waals surface area contributed by atoms with Crippen LogP contribution in [0.1, 0.15) is 5.56 Å². The first-order valence-electron chi connectivity index (χ1n) is 5.35. The molecule has 0 unspecified atom stereocenters. The van der Waals surface area contributed by atoms with Crippen LogP contribution in [0.2, 0.25) is 0 Å². The zero-order valence-electron chi connectivity index (χ0n) is 9.68. The predicted molar refractivity (Wildman–Crippen MR) is 67.4 cm³/mol. The molecular formula is C12H10N6. The van der Waals surface area contributed by atoms with E-state index in [0.717, 1.165) is 0 Å². The molecule has 0 spiro atoms. The van der Waals surface area contributed by atoms with Crippen molar-refractivity contribution in [2.45, 2.75) is 0 Å². The van der Waals surface area contributed by atoms with Crippen molar-refractivity contribution in [2.75, 3.05) is 5.73 Å². The van der Waals surface area contributed by atoms with Crippen molar-refractivity contribution >= 4 is 16.7 Å². The maximum Gasteiger partial charge on any atom is 0.141 e. The fourth-order valence-electron chi connectivity index (χ4n) is 1.99. The number of rotatable bonds is 1. The first-order valence-corrected chi connectivity index (χ1v) is 5.35. The Balaban J connectivity index is 2.38. The van der Waals surface area contributed by atoms with E-state index < -0.39 is 0 Å².